The number of guanidine groups is 1. The first kappa shape index (κ1) is 20.4. The van der Waals surface area contributed by atoms with Gasteiger partial charge in [0.25, 0.3) is 0 Å². The SMILES string of the molecule is CN=C(NCCc1nc(-c2ccc(Cl)cc2)no1)N1CCOC(c2cnn(C)c2)C1. The molecule has 4 rings (SSSR count). The highest BCUT2D eigenvalue weighted by Crippen LogP contribution is 2.22. The number of hydrogen-bond donors (Lipinski definition) is 1. The van der Waals surface area contributed by atoms with Gasteiger partial charge in [0.05, 0.1) is 19.3 Å². The first-order valence-electron chi connectivity index (χ1n) is 9.76. The van der Waals surface area contributed by atoms with Crippen LogP contribution in [0.3, 0.4) is 0 Å². The molecule has 1 aliphatic rings. The average molecular weight is 430 g/mol. The number of morpholine rings is 1. The smallest absolute Gasteiger partial charge is 0.228 e. The number of rotatable bonds is 5. The van der Waals surface area contributed by atoms with Crippen LogP contribution in [-0.4, -0.2) is 64.1 Å². The maximum atomic E-state index is 5.93. The summed E-state index contributed by atoms with van der Waals surface area (Å²) in [5.74, 6) is 1.95. The van der Waals surface area contributed by atoms with E-state index in [0.717, 1.165) is 23.6 Å². The molecule has 1 unspecified atom stereocenters. The fourth-order valence-corrected chi connectivity index (χ4v) is 3.46. The van der Waals surface area contributed by atoms with Gasteiger partial charge in [0.2, 0.25) is 11.7 Å². The summed E-state index contributed by atoms with van der Waals surface area (Å²) in [5, 5.41) is 12.3. The fourth-order valence-electron chi connectivity index (χ4n) is 3.34. The lowest BCUT2D eigenvalue weighted by Gasteiger charge is -2.34. The Bertz CT molecular complexity index is 999. The molecular formula is C20H24ClN7O2. The van der Waals surface area contributed by atoms with E-state index < -0.39 is 0 Å². The minimum atomic E-state index is -0.0242. The lowest BCUT2D eigenvalue weighted by molar-refractivity contribution is -0.00801. The van der Waals surface area contributed by atoms with Crippen LogP contribution < -0.4 is 5.32 Å². The Labute approximate surface area is 179 Å². The molecule has 1 aliphatic heterocycles. The number of aryl methyl sites for hydroxylation is 1. The van der Waals surface area contributed by atoms with Crippen LogP contribution in [0.5, 0.6) is 0 Å². The Balaban J connectivity index is 1.31. The van der Waals surface area contributed by atoms with Crippen molar-refractivity contribution in [2.75, 3.05) is 33.3 Å². The van der Waals surface area contributed by atoms with Crippen LogP contribution in [0.2, 0.25) is 5.02 Å². The number of halogens is 1. The molecule has 3 aromatic rings. The van der Waals surface area contributed by atoms with Crippen molar-refractivity contribution in [1.82, 2.24) is 30.1 Å². The molecular weight excluding hydrogens is 406 g/mol. The molecule has 0 amide bonds. The van der Waals surface area contributed by atoms with Crippen molar-refractivity contribution in [1.29, 1.82) is 0 Å². The summed E-state index contributed by atoms with van der Waals surface area (Å²) < 4.78 is 13.1. The molecule has 30 heavy (non-hydrogen) atoms. The van der Waals surface area contributed by atoms with Gasteiger partial charge in [-0.05, 0) is 24.3 Å². The Hall–Kier alpha value is -2.91. The lowest BCUT2D eigenvalue weighted by atomic mass is 10.1. The Morgan fingerprint density at radius 3 is 2.90 bits per heavy atom. The molecule has 0 saturated carbocycles. The van der Waals surface area contributed by atoms with E-state index in [1.807, 2.05) is 31.6 Å². The molecule has 1 saturated heterocycles. The van der Waals surface area contributed by atoms with E-state index in [-0.39, 0.29) is 6.10 Å². The number of ether oxygens (including phenoxy) is 1. The van der Waals surface area contributed by atoms with Gasteiger partial charge in [0.15, 0.2) is 5.96 Å². The first-order chi connectivity index (χ1) is 14.6. The van der Waals surface area contributed by atoms with Crippen molar-refractivity contribution >= 4 is 17.6 Å². The van der Waals surface area contributed by atoms with Crippen molar-refractivity contribution < 1.29 is 9.26 Å². The van der Waals surface area contributed by atoms with E-state index in [9.17, 15) is 0 Å². The lowest BCUT2D eigenvalue weighted by Crippen LogP contribution is -2.48. The van der Waals surface area contributed by atoms with Gasteiger partial charge < -0.3 is 19.5 Å². The van der Waals surface area contributed by atoms with Gasteiger partial charge in [-0.1, -0.05) is 16.8 Å². The molecule has 0 aliphatic carbocycles. The van der Waals surface area contributed by atoms with Crippen molar-refractivity contribution in [3.05, 3.63) is 53.1 Å². The molecule has 0 radical (unpaired) electrons. The van der Waals surface area contributed by atoms with Gasteiger partial charge in [0, 0.05) is 56.0 Å². The van der Waals surface area contributed by atoms with E-state index in [4.69, 9.17) is 20.9 Å². The van der Waals surface area contributed by atoms with E-state index in [1.165, 1.54) is 0 Å². The van der Waals surface area contributed by atoms with Crippen LogP contribution in [0.1, 0.15) is 17.6 Å². The molecule has 158 valence electrons. The number of aliphatic imine (C=N–C) groups is 1. The molecule has 10 heteroatoms. The third-order valence-electron chi connectivity index (χ3n) is 4.87. The fraction of sp³-hybridized carbons (Fsp3) is 0.400. The highest BCUT2D eigenvalue weighted by atomic mass is 35.5. The quantitative estimate of drug-likeness (QED) is 0.491. The summed E-state index contributed by atoms with van der Waals surface area (Å²) in [7, 11) is 3.68. The van der Waals surface area contributed by atoms with Crippen LogP contribution in [0.15, 0.2) is 46.2 Å². The molecule has 0 bridgehead atoms. The summed E-state index contributed by atoms with van der Waals surface area (Å²) >= 11 is 5.93. The second-order valence-electron chi connectivity index (χ2n) is 7.00. The Kier molecular flexibility index (Phi) is 6.29. The van der Waals surface area contributed by atoms with Gasteiger partial charge in [0.1, 0.15) is 6.10 Å². The van der Waals surface area contributed by atoms with E-state index in [1.54, 1.807) is 23.9 Å². The molecule has 1 fully saturated rings. The van der Waals surface area contributed by atoms with Crippen LogP contribution >= 0.6 is 11.6 Å². The predicted molar refractivity (Wildman–Crippen MR) is 113 cm³/mol. The summed E-state index contributed by atoms with van der Waals surface area (Å²) in [6, 6.07) is 7.35. The van der Waals surface area contributed by atoms with E-state index in [0.29, 0.717) is 42.9 Å². The topological polar surface area (TPSA) is 93.6 Å². The molecule has 1 aromatic carbocycles. The number of nitrogens with one attached hydrogen (secondary N) is 1. The van der Waals surface area contributed by atoms with Crippen LogP contribution in [0, 0.1) is 0 Å². The van der Waals surface area contributed by atoms with Gasteiger partial charge in [-0.25, -0.2) is 0 Å². The van der Waals surface area contributed by atoms with Crippen LogP contribution in [0.25, 0.3) is 11.4 Å². The molecule has 2 aromatic heterocycles. The van der Waals surface area contributed by atoms with Gasteiger partial charge in [-0.3, -0.25) is 9.67 Å². The Morgan fingerprint density at radius 2 is 2.17 bits per heavy atom. The van der Waals surface area contributed by atoms with Crippen LogP contribution in [0.4, 0.5) is 0 Å². The normalized spacial score (nSPS) is 17.4. The Morgan fingerprint density at radius 1 is 1.33 bits per heavy atom. The zero-order valence-corrected chi connectivity index (χ0v) is 17.7. The first-order valence-corrected chi connectivity index (χ1v) is 10.1. The maximum Gasteiger partial charge on any atom is 0.228 e. The van der Waals surface area contributed by atoms with Crippen molar-refractivity contribution in [3.8, 4) is 11.4 Å². The largest absolute Gasteiger partial charge is 0.370 e. The summed E-state index contributed by atoms with van der Waals surface area (Å²) in [4.78, 5) is 11.1. The van der Waals surface area contributed by atoms with Crippen molar-refractivity contribution in [2.24, 2.45) is 12.0 Å². The average Bonchev–Trinajstić information content (AvgIpc) is 3.41. The van der Waals surface area contributed by atoms with Crippen molar-refractivity contribution in [3.63, 3.8) is 0 Å². The third kappa shape index (κ3) is 4.80. The minimum Gasteiger partial charge on any atom is -0.370 e. The molecule has 0 spiro atoms. The van der Waals surface area contributed by atoms with Gasteiger partial charge in [-0.15, -0.1) is 0 Å². The maximum absolute atomic E-state index is 5.93. The van der Waals surface area contributed by atoms with E-state index >= 15 is 0 Å². The predicted octanol–water partition coefficient (Wildman–Crippen LogP) is 2.31. The van der Waals surface area contributed by atoms with Gasteiger partial charge in [-0.2, -0.15) is 10.1 Å². The number of nitrogens with zero attached hydrogens (tertiary/aromatic N) is 6. The summed E-state index contributed by atoms with van der Waals surface area (Å²) in [6.45, 7) is 2.75. The molecule has 9 nitrogen and oxygen atoms in total. The standard InChI is InChI=1S/C20H24ClN7O2/c1-22-20(28-9-10-29-17(13-28)15-11-24-27(2)12-15)23-8-7-18-25-19(26-30-18)14-3-5-16(21)6-4-14/h3-6,11-12,17H,7-10,13H2,1-2H3,(H,22,23). The summed E-state index contributed by atoms with van der Waals surface area (Å²) in [5.41, 5.74) is 1.94. The van der Waals surface area contributed by atoms with Gasteiger partial charge >= 0.3 is 0 Å². The second kappa shape index (κ2) is 9.27. The highest BCUT2D eigenvalue weighted by Gasteiger charge is 2.25. The number of aromatic nitrogens is 4. The zero-order valence-electron chi connectivity index (χ0n) is 17.0. The molecule has 1 N–H and O–H groups in total. The zero-order chi connectivity index (χ0) is 20.9. The third-order valence-corrected chi connectivity index (χ3v) is 5.12. The number of hydrogen-bond acceptors (Lipinski definition) is 6. The van der Waals surface area contributed by atoms with E-state index in [2.05, 4.69) is 30.4 Å². The second-order valence-corrected chi connectivity index (χ2v) is 7.43. The monoisotopic (exact) mass is 429 g/mol. The molecule has 1 atom stereocenters. The van der Waals surface area contributed by atoms with Crippen molar-refractivity contribution in [2.45, 2.75) is 12.5 Å². The highest BCUT2D eigenvalue weighted by molar-refractivity contribution is 6.30. The van der Waals surface area contributed by atoms with Crippen LogP contribution in [-0.2, 0) is 18.2 Å². The minimum absolute atomic E-state index is 0.0242. The molecule has 3 heterocycles. The summed E-state index contributed by atoms with van der Waals surface area (Å²) in [6.07, 6.45) is 4.40. The number of benzene rings is 1.